The van der Waals surface area contributed by atoms with Crippen molar-refractivity contribution in [2.45, 2.75) is 37.4 Å². The average Bonchev–Trinajstić information content (AvgIpc) is 1.64. The quantitative estimate of drug-likeness (QED) is 0.434. The van der Waals surface area contributed by atoms with Crippen LogP contribution in [0.2, 0.25) is 4.78 Å². The van der Waals surface area contributed by atoms with E-state index in [4.69, 9.17) is 0 Å². The summed E-state index contributed by atoms with van der Waals surface area (Å²) in [5.74, 6) is 0.992. The summed E-state index contributed by atoms with van der Waals surface area (Å²) in [5, 5.41) is 0. The molecule has 1 heteroatoms. The molecule has 0 aliphatic heterocycles. The lowest BCUT2D eigenvalue weighted by molar-refractivity contribution is 0.386. The lowest BCUT2D eigenvalue weighted by Gasteiger charge is -2.23. The van der Waals surface area contributed by atoms with Gasteiger partial charge in [0.1, 0.15) is 16.3 Å². The Kier molecular flexibility index (Phi) is 2.41. The molecule has 0 bridgehead atoms. The van der Waals surface area contributed by atoms with E-state index in [2.05, 4.69) is 23.2 Å². The third-order valence-electron chi connectivity index (χ3n) is 1.98. The van der Waals surface area contributed by atoms with E-state index >= 15 is 0 Å². The molecule has 1 rings (SSSR count). The molecule has 1 aliphatic rings. The van der Waals surface area contributed by atoms with Crippen molar-refractivity contribution < 1.29 is 0 Å². The largest absolute Gasteiger partial charge is 0.123 e. The number of rotatable bonds is 0. The van der Waals surface area contributed by atoms with Crippen molar-refractivity contribution in [3.8, 4) is 0 Å². The summed E-state index contributed by atoms with van der Waals surface area (Å²) in [4.78, 5) is 0. The van der Waals surface area contributed by atoms with Crippen LogP contribution < -0.4 is 0 Å². The summed E-state index contributed by atoms with van der Waals surface area (Å²) >= 11 is 2.93. The van der Waals surface area contributed by atoms with Gasteiger partial charge in [0.05, 0.1) is 0 Å². The number of hydrogen-bond acceptors (Lipinski definition) is 0. The van der Waals surface area contributed by atoms with Crippen LogP contribution in [0.25, 0.3) is 0 Å². The van der Waals surface area contributed by atoms with E-state index in [-0.39, 0.29) is 0 Å². The van der Waals surface area contributed by atoms with Crippen LogP contribution in [-0.4, -0.2) is 16.3 Å². The molecule has 1 fully saturated rings. The Labute approximate surface area is 60.1 Å². The van der Waals surface area contributed by atoms with Crippen LogP contribution in [0.3, 0.4) is 0 Å². The minimum Gasteiger partial charge on any atom is -0.107 e. The maximum atomic E-state index is 2.93. The molecular formula is C7H13Al. The van der Waals surface area contributed by atoms with Crippen LogP contribution in [0, 0.1) is 5.92 Å². The Morgan fingerprint density at radius 1 is 1.38 bits per heavy atom. The van der Waals surface area contributed by atoms with E-state index in [0.717, 1.165) is 10.7 Å². The fourth-order valence-corrected chi connectivity index (χ4v) is 2.18. The molecule has 0 amide bonds. The molecule has 0 aromatic carbocycles. The predicted molar refractivity (Wildman–Crippen MR) is 37.1 cm³/mol. The third-order valence-corrected chi connectivity index (χ3v) is 2.58. The van der Waals surface area contributed by atoms with Crippen molar-refractivity contribution in [1.29, 1.82) is 0 Å². The molecule has 0 saturated heterocycles. The molecule has 0 aromatic heterocycles. The van der Waals surface area contributed by atoms with Gasteiger partial charge in [-0.25, -0.2) is 0 Å². The minimum absolute atomic E-state index is 0.929. The van der Waals surface area contributed by atoms with Gasteiger partial charge in [0.15, 0.2) is 0 Å². The second kappa shape index (κ2) is 2.90. The molecule has 0 N–H and O–H groups in total. The molecule has 8 heavy (non-hydrogen) atoms. The van der Waals surface area contributed by atoms with Gasteiger partial charge in [0.25, 0.3) is 0 Å². The third kappa shape index (κ3) is 1.80. The molecule has 1 aliphatic carbocycles. The standard InChI is InChI=1S/C7H13.Al/c1-7-5-3-2-4-6-7;/h3,7H,2,4-6H2,1H3;. The Hall–Kier alpha value is 0.532. The van der Waals surface area contributed by atoms with Crippen molar-refractivity contribution in [2.75, 3.05) is 0 Å². The van der Waals surface area contributed by atoms with Crippen molar-refractivity contribution >= 4 is 16.3 Å². The molecular weight excluding hydrogens is 111 g/mol. The topological polar surface area (TPSA) is 0 Å². The summed E-state index contributed by atoms with van der Waals surface area (Å²) in [7, 11) is 0. The summed E-state index contributed by atoms with van der Waals surface area (Å²) in [6, 6.07) is 0. The molecule has 44 valence electrons. The van der Waals surface area contributed by atoms with E-state index in [1.807, 2.05) is 0 Å². The molecule has 0 nitrogen and oxygen atoms in total. The van der Waals surface area contributed by atoms with Crippen LogP contribution >= 0.6 is 0 Å². The van der Waals surface area contributed by atoms with Gasteiger partial charge >= 0.3 is 0 Å². The van der Waals surface area contributed by atoms with Crippen molar-refractivity contribution in [1.82, 2.24) is 0 Å². The smallest absolute Gasteiger partial charge is 0.107 e. The van der Waals surface area contributed by atoms with Crippen molar-refractivity contribution in [3.63, 3.8) is 0 Å². The van der Waals surface area contributed by atoms with E-state index < -0.39 is 0 Å². The Morgan fingerprint density at radius 3 is 2.50 bits per heavy atom. The maximum absolute atomic E-state index is 2.93. The maximum Gasteiger partial charge on any atom is 0.123 e. The fraction of sp³-hybridized carbons (Fsp3) is 1.00. The van der Waals surface area contributed by atoms with Crippen LogP contribution in [-0.2, 0) is 0 Å². The van der Waals surface area contributed by atoms with Crippen LogP contribution in [0.1, 0.15) is 32.6 Å². The second-order valence-corrected chi connectivity index (χ2v) is 3.97. The Balaban J connectivity index is 2.23. The molecule has 2 atom stereocenters. The van der Waals surface area contributed by atoms with Gasteiger partial charge in [-0.05, 0) is 5.92 Å². The lowest BCUT2D eigenvalue weighted by atomic mass is 9.90. The van der Waals surface area contributed by atoms with Gasteiger partial charge in [0.2, 0.25) is 0 Å². The van der Waals surface area contributed by atoms with Gasteiger partial charge in [0, 0.05) is 0 Å². The van der Waals surface area contributed by atoms with Crippen molar-refractivity contribution in [2.24, 2.45) is 5.92 Å². The first kappa shape index (κ1) is 6.65. The molecule has 2 radical (unpaired) electrons. The zero-order chi connectivity index (χ0) is 5.98. The Morgan fingerprint density at radius 2 is 2.12 bits per heavy atom. The minimum atomic E-state index is 0.929. The predicted octanol–water partition coefficient (Wildman–Crippen LogP) is 2.15. The van der Waals surface area contributed by atoms with Gasteiger partial charge in [-0.1, -0.05) is 32.6 Å². The summed E-state index contributed by atoms with van der Waals surface area (Å²) in [6.07, 6.45) is 5.79. The van der Waals surface area contributed by atoms with E-state index in [0.29, 0.717) is 0 Å². The Bertz CT molecular complexity index is 62.8. The highest BCUT2D eigenvalue weighted by molar-refractivity contribution is 6.11. The number of hydrogen-bond donors (Lipinski definition) is 0. The molecule has 2 unspecified atom stereocenters. The van der Waals surface area contributed by atoms with Crippen LogP contribution in [0.4, 0.5) is 0 Å². The SMILES string of the molecule is CC1CCC[CH]([Al])C1. The van der Waals surface area contributed by atoms with E-state index in [9.17, 15) is 0 Å². The normalized spacial score (nSPS) is 39.6. The summed E-state index contributed by atoms with van der Waals surface area (Å²) in [5.41, 5.74) is 0. The first-order valence-corrected chi connectivity index (χ1v) is 4.21. The summed E-state index contributed by atoms with van der Waals surface area (Å²) < 4.78 is 0.929. The first-order chi connectivity index (χ1) is 3.79. The monoisotopic (exact) mass is 124 g/mol. The van der Waals surface area contributed by atoms with Gasteiger partial charge < -0.3 is 0 Å². The lowest BCUT2D eigenvalue weighted by Crippen LogP contribution is -2.07. The average molecular weight is 124 g/mol. The second-order valence-electron chi connectivity index (χ2n) is 3.03. The van der Waals surface area contributed by atoms with E-state index in [1.54, 1.807) is 0 Å². The molecule has 0 heterocycles. The van der Waals surface area contributed by atoms with E-state index in [1.165, 1.54) is 25.7 Å². The highest BCUT2D eigenvalue weighted by atomic mass is 27.0. The zero-order valence-corrected chi connectivity index (χ0v) is 6.72. The highest BCUT2D eigenvalue weighted by Gasteiger charge is 2.12. The van der Waals surface area contributed by atoms with Gasteiger partial charge in [-0.3, -0.25) is 0 Å². The first-order valence-electron chi connectivity index (χ1n) is 3.54. The summed E-state index contributed by atoms with van der Waals surface area (Å²) in [6.45, 7) is 2.36. The van der Waals surface area contributed by atoms with Gasteiger partial charge in [-0.15, -0.1) is 4.78 Å². The zero-order valence-electron chi connectivity index (χ0n) is 5.56. The van der Waals surface area contributed by atoms with Crippen molar-refractivity contribution in [3.05, 3.63) is 0 Å². The molecule has 0 aromatic rings. The highest BCUT2D eigenvalue weighted by Crippen LogP contribution is 2.29. The molecule has 1 saturated carbocycles. The van der Waals surface area contributed by atoms with Crippen LogP contribution in [0.5, 0.6) is 0 Å². The van der Waals surface area contributed by atoms with Crippen LogP contribution in [0.15, 0.2) is 0 Å². The fourth-order valence-electron chi connectivity index (χ4n) is 1.48. The van der Waals surface area contributed by atoms with Gasteiger partial charge in [-0.2, -0.15) is 0 Å². The molecule has 0 spiro atoms.